The average molecular weight is 184 g/mol. The molecule has 0 saturated heterocycles. The van der Waals surface area contributed by atoms with Crippen molar-refractivity contribution in [1.29, 1.82) is 0 Å². The zero-order chi connectivity index (χ0) is 8.81. The number of hydrogen-bond donors (Lipinski definition) is 1. The molecule has 12 heavy (non-hydrogen) atoms. The summed E-state index contributed by atoms with van der Waals surface area (Å²) in [4.78, 5) is 4.48. The van der Waals surface area contributed by atoms with Crippen LogP contribution < -0.4 is 5.73 Å². The van der Waals surface area contributed by atoms with Crippen LogP contribution >= 0.6 is 11.3 Å². The fraction of sp³-hybridized carbons (Fsp3) is 0.667. The summed E-state index contributed by atoms with van der Waals surface area (Å²) in [5.41, 5.74) is 6.63. The van der Waals surface area contributed by atoms with E-state index in [1.165, 1.54) is 17.1 Å². The van der Waals surface area contributed by atoms with Crippen molar-refractivity contribution in [2.24, 2.45) is 5.73 Å². The predicted molar refractivity (Wildman–Crippen MR) is 53.5 cm³/mol. The first-order valence-corrected chi connectivity index (χ1v) is 5.38. The monoisotopic (exact) mass is 184 g/mol. The van der Waals surface area contributed by atoms with Gasteiger partial charge >= 0.3 is 0 Å². The summed E-state index contributed by atoms with van der Waals surface area (Å²) < 4.78 is 0. The van der Waals surface area contributed by atoms with Crippen LogP contribution in [0.15, 0.2) is 5.38 Å². The van der Waals surface area contributed by atoms with Crippen LogP contribution in [-0.2, 0) is 12.8 Å². The van der Waals surface area contributed by atoms with Gasteiger partial charge in [0.15, 0.2) is 0 Å². The van der Waals surface area contributed by atoms with Crippen LogP contribution in [0.25, 0.3) is 0 Å². The molecule has 0 fully saturated rings. The molecule has 1 aromatic heterocycles. The molecule has 0 bridgehead atoms. The Morgan fingerprint density at radius 1 is 1.50 bits per heavy atom. The van der Waals surface area contributed by atoms with Crippen molar-refractivity contribution in [1.82, 2.24) is 4.98 Å². The largest absolute Gasteiger partial charge is 0.330 e. The van der Waals surface area contributed by atoms with Crippen molar-refractivity contribution < 1.29 is 0 Å². The Balaban J connectivity index is 2.31. The molecule has 0 radical (unpaired) electrons. The molecule has 2 N–H and O–H groups in total. The topological polar surface area (TPSA) is 38.9 Å². The quantitative estimate of drug-likeness (QED) is 0.711. The van der Waals surface area contributed by atoms with Crippen LogP contribution in [0.3, 0.4) is 0 Å². The molecule has 0 saturated carbocycles. The SMILES string of the molecule is CCc1csc(CCCCN)n1. The first kappa shape index (κ1) is 9.68. The Hall–Kier alpha value is -0.410. The second-order valence-electron chi connectivity index (χ2n) is 2.83. The summed E-state index contributed by atoms with van der Waals surface area (Å²) in [7, 11) is 0. The highest BCUT2D eigenvalue weighted by molar-refractivity contribution is 7.09. The Bertz CT molecular complexity index is 220. The van der Waals surface area contributed by atoms with Crippen molar-refractivity contribution in [3.63, 3.8) is 0 Å². The van der Waals surface area contributed by atoms with Gasteiger partial charge in [-0.15, -0.1) is 11.3 Å². The Morgan fingerprint density at radius 2 is 2.33 bits per heavy atom. The van der Waals surface area contributed by atoms with Crippen molar-refractivity contribution in [2.75, 3.05) is 6.54 Å². The molecule has 1 rings (SSSR count). The number of nitrogens with zero attached hydrogens (tertiary/aromatic N) is 1. The number of rotatable bonds is 5. The molecule has 1 heterocycles. The van der Waals surface area contributed by atoms with E-state index in [0.717, 1.165) is 25.8 Å². The molecule has 0 unspecified atom stereocenters. The van der Waals surface area contributed by atoms with E-state index in [0.29, 0.717) is 0 Å². The number of thiazole rings is 1. The van der Waals surface area contributed by atoms with E-state index in [9.17, 15) is 0 Å². The van der Waals surface area contributed by atoms with E-state index in [2.05, 4.69) is 17.3 Å². The molecule has 0 atom stereocenters. The highest BCUT2D eigenvalue weighted by Crippen LogP contribution is 2.12. The van der Waals surface area contributed by atoms with E-state index >= 15 is 0 Å². The van der Waals surface area contributed by atoms with Crippen LogP contribution in [0.2, 0.25) is 0 Å². The summed E-state index contributed by atoms with van der Waals surface area (Å²) in [6.45, 7) is 2.94. The molecule has 3 heteroatoms. The Morgan fingerprint density at radius 3 is 2.92 bits per heavy atom. The first-order valence-electron chi connectivity index (χ1n) is 4.50. The van der Waals surface area contributed by atoms with Gasteiger partial charge < -0.3 is 5.73 Å². The maximum Gasteiger partial charge on any atom is 0.0928 e. The molecular weight excluding hydrogens is 168 g/mol. The van der Waals surface area contributed by atoms with Crippen LogP contribution in [0.1, 0.15) is 30.5 Å². The number of aryl methyl sites for hydroxylation is 2. The van der Waals surface area contributed by atoms with Crippen molar-refractivity contribution in [2.45, 2.75) is 32.6 Å². The summed E-state index contributed by atoms with van der Waals surface area (Å²) >= 11 is 1.77. The summed E-state index contributed by atoms with van der Waals surface area (Å²) in [6, 6.07) is 0. The van der Waals surface area contributed by atoms with Crippen molar-refractivity contribution in [3.05, 3.63) is 16.1 Å². The molecule has 0 aliphatic heterocycles. The van der Waals surface area contributed by atoms with Crippen LogP contribution in [-0.4, -0.2) is 11.5 Å². The van der Waals surface area contributed by atoms with Gasteiger partial charge in [-0.3, -0.25) is 0 Å². The minimum atomic E-state index is 0.798. The Kier molecular flexibility index (Phi) is 4.25. The standard InChI is InChI=1S/C9H16N2S/c1-2-8-7-12-9(11-8)5-3-4-6-10/h7H,2-6,10H2,1H3. The molecule has 68 valence electrons. The number of nitrogens with two attached hydrogens (primary N) is 1. The molecule has 2 nitrogen and oxygen atoms in total. The lowest BCUT2D eigenvalue weighted by molar-refractivity contribution is 0.739. The van der Waals surface area contributed by atoms with Gasteiger partial charge in [0.05, 0.1) is 10.7 Å². The third kappa shape index (κ3) is 2.91. The third-order valence-electron chi connectivity index (χ3n) is 1.81. The lowest BCUT2D eigenvalue weighted by atomic mass is 10.2. The van der Waals surface area contributed by atoms with E-state index in [-0.39, 0.29) is 0 Å². The number of aromatic nitrogens is 1. The summed E-state index contributed by atoms with van der Waals surface area (Å²) in [5.74, 6) is 0. The molecule has 0 spiro atoms. The van der Waals surface area contributed by atoms with Crippen LogP contribution in [0.4, 0.5) is 0 Å². The Labute approximate surface area is 77.8 Å². The third-order valence-corrected chi connectivity index (χ3v) is 2.76. The fourth-order valence-electron chi connectivity index (χ4n) is 1.05. The summed E-state index contributed by atoms with van der Waals surface area (Å²) in [5, 5.41) is 3.41. The fourth-order valence-corrected chi connectivity index (χ4v) is 1.97. The molecule has 1 aromatic rings. The van der Waals surface area contributed by atoms with Crippen LogP contribution in [0.5, 0.6) is 0 Å². The van der Waals surface area contributed by atoms with Gasteiger partial charge in [-0.25, -0.2) is 4.98 Å². The van der Waals surface area contributed by atoms with E-state index < -0.39 is 0 Å². The molecule has 0 aliphatic rings. The number of hydrogen-bond acceptors (Lipinski definition) is 3. The van der Waals surface area contributed by atoms with Gasteiger partial charge in [-0.1, -0.05) is 6.92 Å². The van der Waals surface area contributed by atoms with Gasteiger partial charge in [0.2, 0.25) is 0 Å². The highest BCUT2D eigenvalue weighted by atomic mass is 32.1. The van der Waals surface area contributed by atoms with E-state index in [1.807, 2.05) is 0 Å². The highest BCUT2D eigenvalue weighted by Gasteiger charge is 1.98. The lowest BCUT2D eigenvalue weighted by Crippen LogP contribution is -1.98. The van der Waals surface area contributed by atoms with Gasteiger partial charge in [-0.2, -0.15) is 0 Å². The van der Waals surface area contributed by atoms with Gasteiger partial charge in [-0.05, 0) is 32.2 Å². The molecular formula is C9H16N2S. The van der Waals surface area contributed by atoms with Gasteiger partial charge in [0, 0.05) is 5.38 Å². The minimum absolute atomic E-state index is 0.798. The van der Waals surface area contributed by atoms with Crippen LogP contribution in [0, 0.1) is 0 Å². The lowest BCUT2D eigenvalue weighted by Gasteiger charge is -1.93. The zero-order valence-electron chi connectivity index (χ0n) is 7.55. The average Bonchev–Trinajstić information content (AvgIpc) is 2.53. The molecule has 0 amide bonds. The molecule has 0 aliphatic carbocycles. The predicted octanol–water partition coefficient (Wildman–Crippen LogP) is 1.99. The minimum Gasteiger partial charge on any atom is -0.330 e. The van der Waals surface area contributed by atoms with E-state index in [4.69, 9.17) is 5.73 Å². The smallest absolute Gasteiger partial charge is 0.0928 e. The maximum absolute atomic E-state index is 5.41. The van der Waals surface area contributed by atoms with Gasteiger partial charge in [0.25, 0.3) is 0 Å². The van der Waals surface area contributed by atoms with Gasteiger partial charge in [0.1, 0.15) is 0 Å². The molecule has 0 aromatic carbocycles. The second kappa shape index (κ2) is 5.27. The second-order valence-corrected chi connectivity index (χ2v) is 3.77. The zero-order valence-corrected chi connectivity index (χ0v) is 8.36. The number of unbranched alkanes of at least 4 members (excludes halogenated alkanes) is 1. The van der Waals surface area contributed by atoms with E-state index in [1.54, 1.807) is 11.3 Å². The first-order chi connectivity index (χ1) is 5.86. The van der Waals surface area contributed by atoms with Crippen molar-refractivity contribution in [3.8, 4) is 0 Å². The van der Waals surface area contributed by atoms with Crippen molar-refractivity contribution >= 4 is 11.3 Å². The maximum atomic E-state index is 5.41. The summed E-state index contributed by atoms with van der Waals surface area (Å²) in [6.07, 6.45) is 4.43. The normalized spacial score (nSPS) is 10.5.